The molecule has 5 heteroatoms. The van der Waals surface area contributed by atoms with E-state index in [-0.39, 0.29) is 0 Å². The van der Waals surface area contributed by atoms with Crippen molar-refractivity contribution in [1.29, 1.82) is 0 Å². The first kappa shape index (κ1) is 15.3. The summed E-state index contributed by atoms with van der Waals surface area (Å²) in [6.07, 6.45) is 2.69. The van der Waals surface area contributed by atoms with Gasteiger partial charge < -0.3 is 15.4 Å². The van der Waals surface area contributed by atoms with Gasteiger partial charge in [-0.05, 0) is 43.5 Å². The molecule has 0 spiro atoms. The maximum atomic E-state index is 5.02. The van der Waals surface area contributed by atoms with Crippen LogP contribution in [-0.4, -0.2) is 30.2 Å². The molecule has 2 rings (SSSR count). The third-order valence-electron chi connectivity index (χ3n) is 3.34. The highest BCUT2D eigenvalue weighted by molar-refractivity contribution is 5.60. The Labute approximate surface area is 125 Å². The minimum Gasteiger partial charge on any atom is -0.385 e. The van der Waals surface area contributed by atoms with E-state index < -0.39 is 0 Å². The zero-order valence-electron chi connectivity index (χ0n) is 12.8. The van der Waals surface area contributed by atoms with Crippen molar-refractivity contribution in [3.05, 3.63) is 41.6 Å². The lowest BCUT2D eigenvalue weighted by atomic mass is 10.1. The quantitative estimate of drug-likeness (QED) is 0.765. The molecular weight excluding hydrogens is 264 g/mol. The first-order valence-electron chi connectivity index (χ1n) is 7.10. The Morgan fingerprint density at radius 1 is 1.19 bits per heavy atom. The number of methoxy groups -OCH3 is 1. The minimum atomic E-state index is 0.598. The van der Waals surface area contributed by atoms with E-state index >= 15 is 0 Å². The van der Waals surface area contributed by atoms with Gasteiger partial charge >= 0.3 is 0 Å². The summed E-state index contributed by atoms with van der Waals surface area (Å²) in [4.78, 5) is 8.73. The molecule has 5 nitrogen and oxygen atoms in total. The molecule has 0 unspecified atom stereocenters. The van der Waals surface area contributed by atoms with Crippen LogP contribution in [0.1, 0.15) is 17.5 Å². The Morgan fingerprint density at radius 3 is 2.86 bits per heavy atom. The maximum Gasteiger partial charge on any atom is 0.229 e. The van der Waals surface area contributed by atoms with Gasteiger partial charge in [-0.15, -0.1) is 0 Å². The van der Waals surface area contributed by atoms with E-state index in [9.17, 15) is 0 Å². The van der Waals surface area contributed by atoms with Crippen LogP contribution in [0.4, 0.5) is 17.5 Å². The molecule has 0 atom stereocenters. The van der Waals surface area contributed by atoms with Gasteiger partial charge in [0.1, 0.15) is 5.82 Å². The number of aromatic nitrogens is 2. The Kier molecular flexibility index (Phi) is 5.51. The van der Waals surface area contributed by atoms with Crippen molar-refractivity contribution < 1.29 is 4.74 Å². The summed E-state index contributed by atoms with van der Waals surface area (Å²) in [6.45, 7) is 5.75. The molecular formula is C16H22N4O. The summed E-state index contributed by atoms with van der Waals surface area (Å²) in [7, 11) is 1.71. The van der Waals surface area contributed by atoms with Gasteiger partial charge in [-0.2, -0.15) is 4.98 Å². The smallest absolute Gasteiger partial charge is 0.229 e. The van der Waals surface area contributed by atoms with Crippen molar-refractivity contribution in [2.24, 2.45) is 0 Å². The topological polar surface area (TPSA) is 59.1 Å². The number of nitrogens with one attached hydrogen (secondary N) is 2. The Hall–Kier alpha value is -2.14. The molecule has 2 aromatic rings. The monoisotopic (exact) mass is 286 g/mol. The van der Waals surface area contributed by atoms with E-state index in [1.165, 1.54) is 11.1 Å². The summed E-state index contributed by atoms with van der Waals surface area (Å²) in [6, 6.07) is 8.01. The fourth-order valence-corrected chi connectivity index (χ4v) is 1.96. The zero-order chi connectivity index (χ0) is 15.1. The van der Waals surface area contributed by atoms with Crippen LogP contribution in [0.2, 0.25) is 0 Å². The highest BCUT2D eigenvalue weighted by atomic mass is 16.5. The van der Waals surface area contributed by atoms with Crippen LogP contribution in [0, 0.1) is 13.8 Å². The van der Waals surface area contributed by atoms with Gasteiger partial charge in [0.25, 0.3) is 0 Å². The van der Waals surface area contributed by atoms with Gasteiger partial charge in [0.05, 0.1) is 0 Å². The number of aryl methyl sites for hydroxylation is 1. The van der Waals surface area contributed by atoms with Crippen LogP contribution in [0.25, 0.3) is 0 Å². The lowest BCUT2D eigenvalue weighted by Crippen LogP contribution is -2.07. The molecule has 0 aliphatic carbocycles. The van der Waals surface area contributed by atoms with Crippen molar-refractivity contribution in [2.75, 3.05) is 30.9 Å². The molecule has 0 fully saturated rings. The summed E-state index contributed by atoms with van der Waals surface area (Å²) in [5, 5.41) is 6.53. The van der Waals surface area contributed by atoms with Crippen molar-refractivity contribution in [1.82, 2.24) is 9.97 Å². The van der Waals surface area contributed by atoms with E-state index in [4.69, 9.17) is 4.74 Å². The number of ether oxygens (including phenoxy) is 1. The molecule has 0 radical (unpaired) electrons. The number of benzene rings is 1. The lowest BCUT2D eigenvalue weighted by Gasteiger charge is -2.11. The van der Waals surface area contributed by atoms with E-state index in [1.54, 1.807) is 13.3 Å². The van der Waals surface area contributed by atoms with Gasteiger partial charge in [0.15, 0.2) is 0 Å². The summed E-state index contributed by atoms with van der Waals surface area (Å²) in [5.41, 5.74) is 3.49. The predicted octanol–water partition coefficient (Wildman–Crippen LogP) is 3.29. The molecule has 0 saturated carbocycles. The van der Waals surface area contributed by atoms with E-state index in [1.807, 2.05) is 18.2 Å². The van der Waals surface area contributed by atoms with Gasteiger partial charge in [-0.1, -0.05) is 12.1 Å². The molecule has 2 N–H and O–H groups in total. The number of hydrogen-bond acceptors (Lipinski definition) is 5. The summed E-state index contributed by atoms with van der Waals surface area (Å²) < 4.78 is 5.02. The highest BCUT2D eigenvalue weighted by Gasteiger charge is 2.03. The zero-order valence-corrected chi connectivity index (χ0v) is 12.8. The Balaban J connectivity index is 2.02. The molecule has 0 saturated heterocycles. The maximum absolute atomic E-state index is 5.02. The molecule has 0 bridgehead atoms. The van der Waals surface area contributed by atoms with Crippen molar-refractivity contribution in [2.45, 2.75) is 20.3 Å². The third kappa shape index (κ3) is 4.43. The van der Waals surface area contributed by atoms with Crippen LogP contribution in [0.5, 0.6) is 0 Å². The second-order valence-electron chi connectivity index (χ2n) is 4.91. The average Bonchev–Trinajstić information content (AvgIpc) is 2.49. The molecule has 1 aromatic carbocycles. The van der Waals surface area contributed by atoms with Gasteiger partial charge in [0.2, 0.25) is 5.95 Å². The third-order valence-corrected chi connectivity index (χ3v) is 3.34. The number of rotatable bonds is 7. The fraction of sp³-hybridized carbons (Fsp3) is 0.375. The number of hydrogen-bond donors (Lipinski definition) is 2. The van der Waals surface area contributed by atoms with Crippen molar-refractivity contribution in [3.63, 3.8) is 0 Å². The van der Waals surface area contributed by atoms with E-state index in [2.05, 4.69) is 40.5 Å². The second-order valence-corrected chi connectivity index (χ2v) is 4.91. The first-order chi connectivity index (χ1) is 10.2. The van der Waals surface area contributed by atoms with Crippen LogP contribution in [0.15, 0.2) is 30.5 Å². The molecule has 1 aromatic heterocycles. The Morgan fingerprint density at radius 2 is 2.05 bits per heavy atom. The molecule has 21 heavy (non-hydrogen) atoms. The average molecular weight is 286 g/mol. The van der Waals surface area contributed by atoms with Crippen LogP contribution < -0.4 is 10.6 Å². The molecule has 112 valence electrons. The van der Waals surface area contributed by atoms with Gasteiger partial charge in [0, 0.05) is 32.1 Å². The highest BCUT2D eigenvalue weighted by Crippen LogP contribution is 2.21. The normalized spacial score (nSPS) is 10.4. The minimum absolute atomic E-state index is 0.598. The number of nitrogens with zero attached hydrogens (tertiary/aromatic N) is 2. The molecule has 0 amide bonds. The van der Waals surface area contributed by atoms with Crippen LogP contribution >= 0.6 is 0 Å². The molecule has 1 heterocycles. The van der Waals surface area contributed by atoms with Gasteiger partial charge in [-0.3, -0.25) is 0 Å². The Bertz CT molecular complexity index is 586. The molecule has 0 aliphatic heterocycles. The fourth-order valence-electron chi connectivity index (χ4n) is 1.96. The SMILES string of the molecule is COCCCNc1ccnc(Nc2cccc(C)c2C)n1. The summed E-state index contributed by atoms with van der Waals surface area (Å²) in [5.74, 6) is 1.41. The molecule has 0 aliphatic rings. The first-order valence-corrected chi connectivity index (χ1v) is 7.10. The summed E-state index contributed by atoms with van der Waals surface area (Å²) >= 11 is 0. The largest absolute Gasteiger partial charge is 0.385 e. The van der Waals surface area contributed by atoms with Gasteiger partial charge in [-0.25, -0.2) is 4.98 Å². The standard InChI is InChI=1S/C16H22N4O/c1-12-6-4-7-14(13(12)2)19-16-18-10-8-15(20-16)17-9-5-11-21-3/h4,6-8,10H,5,9,11H2,1-3H3,(H2,17,18,19,20). The van der Waals surface area contributed by atoms with E-state index in [0.29, 0.717) is 5.95 Å². The van der Waals surface area contributed by atoms with E-state index in [0.717, 1.165) is 31.1 Å². The number of anilines is 3. The van der Waals surface area contributed by atoms with Crippen LogP contribution in [0.3, 0.4) is 0 Å². The van der Waals surface area contributed by atoms with Crippen molar-refractivity contribution >= 4 is 17.5 Å². The lowest BCUT2D eigenvalue weighted by molar-refractivity contribution is 0.198. The second kappa shape index (κ2) is 7.59. The van der Waals surface area contributed by atoms with Crippen molar-refractivity contribution in [3.8, 4) is 0 Å². The predicted molar refractivity (Wildman–Crippen MR) is 86.2 cm³/mol. The van der Waals surface area contributed by atoms with Crippen LogP contribution in [-0.2, 0) is 4.74 Å².